The molecule has 2 fully saturated rings. The average molecular weight is 561 g/mol. The van der Waals surface area contributed by atoms with Gasteiger partial charge in [0.1, 0.15) is 5.82 Å². The molecule has 39 heavy (non-hydrogen) atoms. The van der Waals surface area contributed by atoms with Gasteiger partial charge in [-0.3, -0.25) is 19.6 Å². The molecule has 0 radical (unpaired) electrons. The Balaban J connectivity index is 0.00000420. The summed E-state index contributed by atoms with van der Waals surface area (Å²) in [5, 5.41) is 2.73. The molecule has 0 spiro atoms. The number of aromatic nitrogens is 2. The molecule has 12 heteroatoms. The fourth-order valence-electron chi connectivity index (χ4n) is 5.02. The third-order valence-corrected chi connectivity index (χ3v) is 7.34. The molecule has 1 aromatic carbocycles. The van der Waals surface area contributed by atoms with Gasteiger partial charge < -0.3 is 21.3 Å². The minimum Gasteiger partial charge on any atom is -0.335 e. The Morgan fingerprint density at radius 1 is 1.08 bits per heavy atom. The number of carbonyl (C=O) groups excluding carboxylic acids is 2. The smallest absolute Gasteiger partial charge is 0.335 e. The summed E-state index contributed by atoms with van der Waals surface area (Å²) in [5.41, 5.74) is 12.4. The highest BCUT2D eigenvalue weighted by Gasteiger charge is 2.36. The number of hydrogen-bond acceptors (Lipinski definition) is 7. The van der Waals surface area contributed by atoms with Crippen molar-refractivity contribution in [1.82, 2.24) is 24.3 Å². The van der Waals surface area contributed by atoms with E-state index in [-0.39, 0.29) is 36.2 Å². The molecule has 3 amide bonds. The van der Waals surface area contributed by atoms with Crippen molar-refractivity contribution in [1.29, 1.82) is 0 Å². The molecular formula is C27H41ClN8O3. The Morgan fingerprint density at radius 2 is 1.74 bits per heavy atom. The standard InChI is InChI=1S/C27H40N8O3.ClH/c1-4-21-18-33(15-16-34(21)24(36)27(2,3)29)25(37)30-23-11-14-35(26(38)31-23)22-7-5-19(6-8-22)17-32-12-9-20(28)10-13-32;/h5-8,11,14,20-21H,4,9-10,12-13,15-18,28-29H2,1-3H3,(H,30,31,37,38);1H. The molecule has 1 atom stereocenters. The Kier molecular flexibility index (Phi) is 10.1. The van der Waals surface area contributed by atoms with E-state index in [0.717, 1.165) is 32.5 Å². The first-order chi connectivity index (χ1) is 18.0. The van der Waals surface area contributed by atoms with Crippen LogP contribution in [0.2, 0.25) is 0 Å². The Morgan fingerprint density at radius 3 is 2.33 bits per heavy atom. The Hall–Kier alpha value is -2.99. The number of nitrogens with two attached hydrogens (primary N) is 2. The minimum absolute atomic E-state index is 0. The highest BCUT2D eigenvalue weighted by Crippen LogP contribution is 2.18. The van der Waals surface area contributed by atoms with Crippen LogP contribution in [0.3, 0.4) is 0 Å². The maximum absolute atomic E-state index is 12.9. The van der Waals surface area contributed by atoms with Crippen molar-refractivity contribution >= 4 is 30.2 Å². The zero-order chi connectivity index (χ0) is 27.4. The maximum atomic E-state index is 12.9. The zero-order valence-corrected chi connectivity index (χ0v) is 23.8. The van der Waals surface area contributed by atoms with Crippen LogP contribution in [-0.2, 0) is 11.3 Å². The van der Waals surface area contributed by atoms with E-state index in [1.165, 1.54) is 10.1 Å². The molecule has 11 nitrogen and oxygen atoms in total. The van der Waals surface area contributed by atoms with E-state index in [0.29, 0.717) is 37.8 Å². The molecule has 1 unspecified atom stereocenters. The molecule has 2 saturated heterocycles. The summed E-state index contributed by atoms with van der Waals surface area (Å²) in [6.07, 6.45) is 4.35. The van der Waals surface area contributed by atoms with Crippen molar-refractivity contribution in [2.45, 2.75) is 64.2 Å². The lowest BCUT2D eigenvalue weighted by molar-refractivity contribution is -0.140. The predicted octanol–water partition coefficient (Wildman–Crippen LogP) is 1.77. The monoisotopic (exact) mass is 560 g/mol. The second kappa shape index (κ2) is 12.9. The van der Waals surface area contributed by atoms with Gasteiger partial charge in [0, 0.05) is 44.5 Å². The van der Waals surface area contributed by atoms with Crippen LogP contribution in [0.4, 0.5) is 10.6 Å². The van der Waals surface area contributed by atoms with Crippen molar-refractivity contribution in [3.8, 4) is 5.69 Å². The molecule has 214 valence electrons. The average Bonchev–Trinajstić information content (AvgIpc) is 2.89. The lowest BCUT2D eigenvalue weighted by atomic mass is 10.0. The SMILES string of the molecule is CCC1CN(C(=O)Nc2ccn(-c3ccc(CN4CCC(N)CC4)cc3)c(=O)n2)CCN1C(=O)C(C)(C)N.Cl. The number of rotatable bonds is 6. The van der Waals surface area contributed by atoms with E-state index in [9.17, 15) is 14.4 Å². The summed E-state index contributed by atoms with van der Waals surface area (Å²) in [5.74, 6) is 0.0600. The van der Waals surface area contributed by atoms with Gasteiger partial charge in [0.2, 0.25) is 5.91 Å². The summed E-state index contributed by atoms with van der Waals surface area (Å²) in [7, 11) is 0. The predicted molar refractivity (Wildman–Crippen MR) is 154 cm³/mol. The molecule has 5 N–H and O–H groups in total. The normalized spacial score (nSPS) is 18.9. The number of amides is 3. The van der Waals surface area contributed by atoms with Crippen LogP contribution in [0.5, 0.6) is 0 Å². The summed E-state index contributed by atoms with van der Waals surface area (Å²) in [6, 6.07) is 9.29. The highest BCUT2D eigenvalue weighted by molar-refractivity contribution is 5.89. The van der Waals surface area contributed by atoms with Crippen LogP contribution in [-0.4, -0.2) is 86.5 Å². The van der Waals surface area contributed by atoms with Crippen molar-refractivity contribution < 1.29 is 9.59 Å². The fraction of sp³-hybridized carbons (Fsp3) is 0.556. The number of hydrogen-bond donors (Lipinski definition) is 3. The lowest BCUT2D eigenvalue weighted by Gasteiger charge is -2.43. The summed E-state index contributed by atoms with van der Waals surface area (Å²) >= 11 is 0. The van der Waals surface area contributed by atoms with Crippen molar-refractivity contribution in [2.75, 3.05) is 38.0 Å². The first kappa shape index (κ1) is 30.6. The summed E-state index contributed by atoms with van der Waals surface area (Å²) in [4.78, 5) is 48.2. The number of piperazine rings is 1. The number of anilines is 1. The van der Waals surface area contributed by atoms with Gasteiger partial charge >= 0.3 is 11.7 Å². The quantitative estimate of drug-likeness (QED) is 0.488. The van der Waals surface area contributed by atoms with Gasteiger partial charge in [-0.2, -0.15) is 4.98 Å². The third kappa shape index (κ3) is 7.57. The minimum atomic E-state index is -0.964. The van der Waals surface area contributed by atoms with Crippen LogP contribution in [0.25, 0.3) is 5.69 Å². The Labute approximate surface area is 235 Å². The summed E-state index contributed by atoms with van der Waals surface area (Å²) < 4.78 is 1.45. The van der Waals surface area contributed by atoms with Crippen molar-refractivity contribution in [3.63, 3.8) is 0 Å². The number of likely N-dealkylation sites (tertiary alicyclic amines) is 1. The molecular weight excluding hydrogens is 520 g/mol. The lowest BCUT2D eigenvalue weighted by Crippen LogP contribution is -2.62. The van der Waals surface area contributed by atoms with Gasteiger partial charge in [0.15, 0.2) is 0 Å². The van der Waals surface area contributed by atoms with Gasteiger partial charge in [-0.15, -0.1) is 12.4 Å². The molecule has 1 aromatic heterocycles. The van der Waals surface area contributed by atoms with E-state index in [1.807, 2.05) is 31.2 Å². The second-order valence-electron chi connectivity index (χ2n) is 10.9. The van der Waals surface area contributed by atoms with Gasteiger partial charge in [0.05, 0.1) is 11.2 Å². The molecule has 0 saturated carbocycles. The topological polar surface area (TPSA) is 143 Å². The maximum Gasteiger partial charge on any atom is 0.354 e. The summed E-state index contributed by atoms with van der Waals surface area (Å²) in [6.45, 7) is 9.38. The van der Waals surface area contributed by atoms with Gasteiger partial charge in [0.25, 0.3) is 0 Å². The van der Waals surface area contributed by atoms with E-state index in [1.54, 1.807) is 35.9 Å². The van der Waals surface area contributed by atoms with Crippen molar-refractivity contribution in [3.05, 3.63) is 52.6 Å². The van der Waals surface area contributed by atoms with E-state index < -0.39 is 11.2 Å². The third-order valence-electron chi connectivity index (χ3n) is 7.34. The fourth-order valence-corrected chi connectivity index (χ4v) is 5.02. The molecule has 3 heterocycles. The van der Waals surface area contributed by atoms with Crippen LogP contribution in [0.15, 0.2) is 41.3 Å². The highest BCUT2D eigenvalue weighted by atomic mass is 35.5. The number of piperidine rings is 1. The van der Waals surface area contributed by atoms with Crippen LogP contribution in [0, 0.1) is 0 Å². The first-order valence-electron chi connectivity index (χ1n) is 13.4. The van der Waals surface area contributed by atoms with Crippen LogP contribution in [0.1, 0.15) is 45.6 Å². The number of urea groups is 1. The molecule has 2 aromatic rings. The largest absolute Gasteiger partial charge is 0.354 e. The number of nitrogens with zero attached hydrogens (tertiary/aromatic N) is 5. The van der Waals surface area contributed by atoms with Crippen LogP contribution < -0.4 is 22.5 Å². The van der Waals surface area contributed by atoms with E-state index in [4.69, 9.17) is 11.5 Å². The van der Waals surface area contributed by atoms with E-state index >= 15 is 0 Å². The van der Waals surface area contributed by atoms with Crippen molar-refractivity contribution in [2.24, 2.45) is 11.5 Å². The van der Waals surface area contributed by atoms with Gasteiger partial charge in [-0.1, -0.05) is 19.1 Å². The Bertz CT molecular complexity index is 1190. The number of halogens is 1. The molecule has 2 aliphatic heterocycles. The molecule has 4 rings (SSSR count). The number of benzene rings is 1. The number of carbonyl (C=O) groups is 2. The first-order valence-corrected chi connectivity index (χ1v) is 13.4. The van der Waals surface area contributed by atoms with Gasteiger partial charge in [-0.05, 0) is 70.0 Å². The number of nitrogens with one attached hydrogen (secondary N) is 1. The van der Waals surface area contributed by atoms with Crippen LogP contribution >= 0.6 is 12.4 Å². The van der Waals surface area contributed by atoms with Gasteiger partial charge in [-0.25, -0.2) is 9.59 Å². The second-order valence-corrected chi connectivity index (χ2v) is 10.9. The van der Waals surface area contributed by atoms with E-state index in [2.05, 4.69) is 15.2 Å². The molecule has 0 aliphatic carbocycles. The molecule has 2 aliphatic rings. The zero-order valence-electron chi connectivity index (χ0n) is 23.0. The molecule has 0 bridgehead atoms.